The van der Waals surface area contributed by atoms with Crippen LogP contribution in [0.15, 0.2) is 12.1 Å². The van der Waals surface area contributed by atoms with Gasteiger partial charge in [0.25, 0.3) is 5.91 Å². The zero-order valence-corrected chi connectivity index (χ0v) is 12.9. The number of carbonyl (C=O) groups excluding carboxylic acids is 2. The molecule has 0 saturated heterocycles. The fourth-order valence-corrected chi connectivity index (χ4v) is 1.99. The second-order valence-electron chi connectivity index (χ2n) is 4.90. The van der Waals surface area contributed by atoms with Gasteiger partial charge in [-0.3, -0.25) is 9.59 Å². The van der Waals surface area contributed by atoms with Crippen LogP contribution in [0.25, 0.3) is 0 Å². The maximum atomic E-state index is 13.6. The molecule has 0 unspecified atom stereocenters. The third-order valence-corrected chi connectivity index (χ3v) is 3.47. The molecule has 0 atom stereocenters. The van der Waals surface area contributed by atoms with Gasteiger partial charge in [-0.1, -0.05) is 0 Å². The molecule has 1 aromatic carbocycles. The van der Waals surface area contributed by atoms with Crippen LogP contribution in [0.4, 0.5) is 10.1 Å². The standard InChI is InChI=1S/C15H22FN3O2/c1-5-19(6-2)14(20)9-18(4)15(21)11-7-12(16)10(3)13(17)8-11/h7-8H,5-6,9,17H2,1-4H3. The summed E-state index contributed by atoms with van der Waals surface area (Å²) in [6.07, 6.45) is 0. The number of hydrogen-bond acceptors (Lipinski definition) is 3. The maximum Gasteiger partial charge on any atom is 0.254 e. The van der Waals surface area contributed by atoms with Crippen LogP contribution >= 0.6 is 0 Å². The monoisotopic (exact) mass is 295 g/mol. The highest BCUT2D eigenvalue weighted by atomic mass is 19.1. The lowest BCUT2D eigenvalue weighted by atomic mass is 10.1. The summed E-state index contributed by atoms with van der Waals surface area (Å²) in [5, 5.41) is 0. The quantitative estimate of drug-likeness (QED) is 0.840. The van der Waals surface area contributed by atoms with Crippen LogP contribution in [0, 0.1) is 12.7 Å². The fourth-order valence-electron chi connectivity index (χ4n) is 1.99. The van der Waals surface area contributed by atoms with Crippen LogP contribution in [0.1, 0.15) is 29.8 Å². The molecule has 0 saturated carbocycles. The second-order valence-corrected chi connectivity index (χ2v) is 4.90. The van der Waals surface area contributed by atoms with Gasteiger partial charge in [0.1, 0.15) is 5.82 Å². The molecule has 0 aliphatic heterocycles. The lowest BCUT2D eigenvalue weighted by molar-refractivity contribution is -0.131. The van der Waals surface area contributed by atoms with E-state index in [2.05, 4.69) is 0 Å². The first-order chi connectivity index (χ1) is 9.81. The summed E-state index contributed by atoms with van der Waals surface area (Å²) in [6, 6.07) is 2.57. The van der Waals surface area contributed by atoms with Crippen LogP contribution in [-0.2, 0) is 4.79 Å². The summed E-state index contributed by atoms with van der Waals surface area (Å²) in [5.74, 6) is -1.10. The number of nitrogens with two attached hydrogens (primary N) is 1. The number of nitrogens with zero attached hydrogens (tertiary/aromatic N) is 2. The maximum absolute atomic E-state index is 13.6. The van der Waals surface area contributed by atoms with Crippen LogP contribution in [0.5, 0.6) is 0 Å². The van der Waals surface area contributed by atoms with Crippen molar-refractivity contribution in [2.45, 2.75) is 20.8 Å². The predicted octanol–water partition coefficient (Wildman–Crippen LogP) is 1.66. The van der Waals surface area contributed by atoms with E-state index >= 15 is 0 Å². The Kier molecular flexibility index (Phi) is 5.69. The lowest BCUT2D eigenvalue weighted by Gasteiger charge is -2.23. The van der Waals surface area contributed by atoms with E-state index in [1.165, 1.54) is 18.0 Å². The number of likely N-dealkylation sites (N-methyl/N-ethyl adjacent to an activating group) is 2. The molecule has 1 aromatic rings. The number of rotatable bonds is 5. The Labute approximate surface area is 124 Å². The topological polar surface area (TPSA) is 66.6 Å². The van der Waals surface area contributed by atoms with Crippen LogP contribution in [0.3, 0.4) is 0 Å². The molecule has 1 rings (SSSR count). The van der Waals surface area contributed by atoms with E-state index in [0.717, 1.165) is 6.07 Å². The minimum Gasteiger partial charge on any atom is -0.398 e. The molecule has 5 nitrogen and oxygen atoms in total. The van der Waals surface area contributed by atoms with Crippen molar-refractivity contribution in [3.8, 4) is 0 Å². The number of hydrogen-bond donors (Lipinski definition) is 1. The van der Waals surface area contributed by atoms with E-state index < -0.39 is 11.7 Å². The number of anilines is 1. The zero-order valence-electron chi connectivity index (χ0n) is 12.9. The smallest absolute Gasteiger partial charge is 0.254 e. The third kappa shape index (κ3) is 3.93. The van der Waals surface area contributed by atoms with Gasteiger partial charge in [-0.2, -0.15) is 0 Å². The fraction of sp³-hybridized carbons (Fsp3) is 0.467. The molecule has 0 aliphatic carbocycles. The first kappa shape index (κ1) is 16.9. The van der Waals surface area contributed by atoms with Crippen molar-refractivity contribution in [3.05, 3.63) is 29.1 Å². The number of nitrogen functional groups attached to an aromatic ring is 1. The van der Waals surface area contributed by atoms with E-state index in [0.29, 0.717) is 18.7 Å². The highest BCUT2D eigenvalue weighted by Gasteiger charge is 2.19. The lowest BCUT2D eigenvalue weighted by Crippen LogP contribution is -2.41. The summed E-state index contributed by atoms with van der Waals surface area (Å²) in [7, 11) is 1.51. The Balaban J connectivity index is 2.86. The molecular formula is C15H22FN3O2. The normalized spacial score (nSPS) is 10.3. The van der Waals surface area contributed by atoms with Crippen molar-refractivity contribution in [2.75, 3.05) is 32.4 Å². The van der Waals surface area contributed by atoms with Crippen molar-refractivity contribution in [1.82, 2.24) is 9.80 Å². The number of halogens is 1. The van der Waals surface area contributed by atoms with Crippen LogP contribution in [0.2, 0.25) is 0 Å². The van der Waals surface area contributed by atoms with E-state index in [-0.39, 0.29) is 23.7 Å². The van der Waals surface area contributed by atoms with Gasteiger partial charge in [0, 0.05) is 37.0 Å². The Morgan fingerprint density at radius 2 is 1.81 bits per heavy atom. The Morgan fingerprint density at radius 3 is 2.29 bits per heavy atom. The Bertz CT molecular complexity index is 519. The molecule has 0 radical (unpaired) electrons. The molecule has 21 heavy (non-hydrogen) atoms. The van der Waals surface area contributed by atoms with Crippen LogP contribution in [-0.4, -0.2) is 48.3 Å². The molecule has 0 heterocycles. The van der Waals surface area contributed by atoms with Gasteiger partial charge in [0.05, 0.1) is 6.54 Å². The summed E-state index contributed by atoms with van der Waals surface area (Å²) >= 11 is 0. The van der Waals surface area contributed by atoms with Gasteiger partial charge in [-0.25, -0.2) is 4.39 Å². The molecule has 0 fully saturated rings. The zero-order chi connectivity index (χ0) is 16.2. The predicted molar refractivity (Wildman–Crippen MR) is 80.4 cm³/mol. The van der Waals surface area contributed by atoms with Crippen molar-refractivity contribution in [1.29, 1.82) is 0 Å². The van der Waals surface area contributed by atoms with Gasteiger partial charge < -0.3 is 15.5 Å². The van der Waals surface area contributed by atoms with E-state index in [4.69, 9.17) is 5.73 Å². The molecule has 2 amide bonds. The van der Waals surface area contributed by atoms with E-state index in [1.807, 2.05) is 13.8 Å². The highest BCUT2D eigenvalue weighted by molar-refractivity contribution is 5.97. The van der Waals surface area contributed by atoms with Crippen molar-refractivity contribution >= 4 is 17.5 Å². The average molecular weight is 295 g/mol. The third-order valence-electron chi connectivity index (χ3n) is 3.47. The van der Waals surface area contributed by atoms with Gasteiger partial charge in [0.2, 0.25) is 5.91 Å². The molecular weight excluding hydrogens is 273 g/mol. The minimum absolute atomic E-state index is 0.0457. The number of benzene rings is 1. The van der Waals surface area contributed by atoms with E-state index in [1.54, 1.807) is 11.8 Å². The van der Waals surface area contributed by atoms with Gasteiger partial charge >= 0.3 is 0 Å². The van der Waals surface area contributed by atoms with Crippen LogP contribution < -0.4 is 5.73 Å². The molecule has 0 spiro atoms. The summed E-state index contributed by atoms with van der Waals surface area (Å²) < 4.78 is 13.6. The van der Waals surface area contributed by atoms with Crippen molar-refractivity contribution in [2.24, 2.45) is 0 Å². The molecule has 0 bridgehead atoms. The molecule has 6 heteroatoms. The molecule has 0 aliphatic rings. The molecule has 116 valence electrons. The first-order valence-corrected chi connectivity index (χ1v) is 6.90. The van der Waals surface area contributed by atoms with Gasteiger partial charge in [-0.15, -0.1) is 0 Å². The Morgan fingerprint density at radius 1 is 1.24 bits per heavy atom. The van der Waals surface area contributed by atoms with Crippen molar-refractivity contribution < 1.29 is 14.0 Å². The summed E-state index contributed by atoms with van der Waals surface area (Å²) in [4.78, 5) is 27.1. The first-order valence-electron chi connectivity index (χ1n) is 6.90. The largest absolute Gasteiger partial charge is 0.398 e. The number of carbonyl (C=O) groups is 2. The highest BCUT2D eigenvalue weighted by Crippen LogP contribution is 2.18. The SMILES string of the molecule is CCN(CC)C(=O)CN(C)C(=O)c1cc(N)c(C)c(F)c1. The van der Waals surface area contributed by atoms with Crippen molar-refractivity contribution in [3.63, 3.8) is 0 Å². The summed E-state index contributed by atoms with van der Waals surface area (Å²) in [5.41, 5.74) is 6.35. The Hall–Kier alpha value is -2.11. The van der Waals surface area contributed by atoms with Gasteiger partial charge in [-0.05, 0) is 32.9 Å². The average Bonchev–Trinajstić information content (AvgIpc) is 2.44. The molecule has 0 aromatic heterocycles. The van der Waals surface area contributed by atoms with E-state index in [9.17, 15) is 14.0 Å². The minimum atomic E-state index is -0.526. The molecule has 2 N–H and O–H groups in total. The number of amides is 2. The van der Waals surface area contributed by atoms with Gasteiger partial charge in [0.15, 0.2) is 0 Å². The summed E-state index contributed by atoms with van der Waals surface area (Å²) in [6.45, 7) is 6.42. The second kappa shape index (κ2) is 7.06.